The summed E-state index contributed by atoms with van der Waals surface area (Å²) in [5.41, 5.74) is 0.980. The minimum Gasteiger partial charge on any atom is -0.383 e. The number of hydrogen-bond acceptors (Lipinski definition) is 5. The fourth-order valence-electron chi connectivity index (χ4n) is 1.86. The Labute approximate surface area is 102 Å². The predicted octanol–water partition coefficient (Wildman–Crippen LogP) is 0.811. The summed E-state index contributed by atoms with van der Waals surface area (Å²) in [6.07, 6.45) is 6.15. The highest BCUT2D eigenvalue weighted by atomic mass is 16.5. The van der Waals surface area contributed by atoms with E-state index in [4.69, 9.17) is 4.74 Å². The van der Waals surface area contributed by atoms with Gasteiger partial charge in [-0.1, -0.05) is 0 Å². The van der Waals surface area contributed by atoms with Crippen LogP contribution in [0.15, 0.2) is 12.4 Å². The van der Waals surface area contributed by atoms with Gasteiger partial charge in [-0.2, -0.15) is 0 Å². The van der Waals surface area contributed by atoms with Crippen molar-refractivity contribution in [1.82, 2.24) is 15.3 Å². The molecule has 1 aromatic heterocycles. The van der Waals surface area contributed by atoms with Crippen LogP contribution in [0.25, 0.3) is 0 Å². The van der Waals surface area contributed by atoms with Gasteiger partial charge in [0.2, 0.25) is 0 Å². The Morgan fingerprint density at radius 3 is 2.94 bits per heavy atom. The second kappa shape index (κ2) is 5.93. The van der Waals surface area contributed by atoms with Gasteiger partial charge in [0.1, 0.15) is 5.82 Å². The van der Waals surface area contributed by atoms with Crippen LogP contribution in [0.1, 0.15) is 18.5 Å². The van der Waals surface area contributed by atoms with Crippen LogP contribution in [-0.2, 0) is 11.3 Å². The van der Waals surface area contributed by atoms with Crippen molar-refractivity contribution in [3.63, 3.8) is 0 Å². The van der Waals surface area contributed by atoms with Crippen LogP contribution in [0.2, 0.25) is 0 Å². The summed E-state index contributed by atoms with van der Waals surface area (Å²) in [6.45, 7) is 2.37. The zero-order chi connectivity index (χ0) is 12.1. The number of rotatable bonds is 7. The first-order valence-corrected chi connectivity index (χ1v) is 6.06. The Balaban J connectivity index is 2.08. The lowest BCUT2D eigenvalue weighted by molar-refractivity contribution is 0.204. The lowest BCUT2D eigenvalue weighted by atomic mass is 10.4. The maximum atomic E-state index is 5.15. The van der Waals surface area contributed by atoms with E-state index >= 15 is 0 Å². The van der Waals surface area contributed by atoms with Gasteiger partial charge in [-0.15, -0.1) is 0 Å². The monoisotopic (exact) mass is 236 g/mol. The largest absolute Gasteiger partial charge is 0.383 e. The summed E-state index contributed by atoms with van der Waals surface area (Å²) < 4.78 is 5.15. The molecule has 94 valence electrons. The SMILES string of the molecule is CNCc1cncc(N(CCOC)C2CC2)n1. The van der Waals surface area contributed by atoms with Crippen molar-refractivity contribution >= 4 is 5.82 Å². The maximum Gasteiger partial charge on any atom is 0.147 e. The van der Waals surface area contributed by atoms with E-state index in [1.807, 2.05) is 13.2 Å². The lowest BCUT2D eigenvalue weighted by Crippen LogP contribution is -2.30. The number of anilines is 1. The second-order valence-electron chi connectivity index (χ2n) is 4.32. The molecule has 0 radical (unpaired) electrons. The van der Waals surface area contributed by atoms with Crippen molar-refractivity contribution in [2.24, 2.45) is 0 Å². The van der Waals surface area contributed by atoms with Crippen molar-refractivity contribution in [1.29, 1.82) is 0 Å². The van der Waals surface area contributed by atoms with E-state index in [1.54, 1.807) is 13.3 Å². The molecule has 0 spiro atoms. The normalized spacial score (nSPS) is 14.9. The summed E-state index contributed by atoms with van der Waals surface area (Å²) in [6, 6.07) is 0.629. The maximum absolute atomic E-state index is 5.15. The minimum atomic E-state index is 0.629. The Morgan fingerprint density at radius 2 is 2.29 bits per heavy atom. The van der Waals surface area contributed by atoms with E-state index in [2.05, 4.69) is 20.2 Å². The molecule has 0 saturated heterocycles. The van der Waals surface area contributed by atoms with Crippen LogP contribution >= 0.6 is 0 Å². The van der Waals surface area contributed by atoms with Crippen molar-refractivity contribution in [2.45, 2.75) is 25.4 Å². The molecule has 1 aliphatic rings. The molecule has 0 unspecified atom stereocenters. The molecule has 2 rings (SSSR count). The highest BCUT2D eigenvalue weighted by Crippen LogP contribution is 2.29. The number of aromatic nitrogens is 2. The Morgan fingerprint density at radius 1 is 1.47 bits per heavy atom. The average Bonchev–Trinajstić information content (AvgIpc) is 3.15. The Hall–Kier alpha value is -1.20. The molecule has 0 bridgehead atoms. The summed E-state index contributed by atoms with van der Waals surface area (Å²) in [5, 5.41) is 3.09. The minimum absolute atomic E-state index is 0.629. The van der Waals surface area contributed by atoms with Crippen LogP contribution in [0, 0.1) is 0 Å². The molecule has 17 heavy (non-hydrogen) atoms. The Kier molecular flexibility index (Phi) is 4.28. The van der Waals surface area contributed by atoms with Crippen LogP contribution < -0.4 is 10.2 Å². The third-order valence-electron chi connectivity index (χ3n) is 2.85. The first kappa shape index (κ1) is 12.3. The van der Waals surface area contributed by atoms with Gasteiger partial charge in [0.15, 0.2) is 0 Å². The van der Waals surface area contributed by atoms with Gasteiger partial charge in [0.25, 0.3) is 0 Å². The zero-order valence-electron chi connectivity index (χ0n) is 10.5. The molecule has 0 amide bonds. The van der Waals surface area contributed by atoms with Gasteiger partial charge in [-0.3, -0.25) is 4.98 Å². The van der Waals surface area contributed by atoms with Crippen LogP contribution in [0.4, 0.5) is 5.82 Å². The van der Waals surface area contributed by atoms with E-state index in [1.165, 1.54) is 12.8 Å². The molecule has 1 aromatic rings. The van der Waals surface area contributed by atoms with E-state index in [0.29, 0.717) is 6.04 Å². The molecule has 5 heteroatoms. The number of nitrogens with zero attached hydrogens (tertiary/aromatic N) is 3. The molecule has 0 aliphatic heterocycles. The van der Waals surface area contributed by atoms with E-state index in [9.17, 15) is 0 Å². The topological polar surface area (TPSA) is 50.3 Å². The van der Waals surface area contributed by atoms with Crippen molar-refractivity contribution in [2.75, 3.05) is 32.2 Å². The zero-order valence-corrected chi connectivity index (χ0v) is 10.5. The average molecular weight is 236 g/mol. The third kappa shape index (κ3) is 3.38. The van der Waals surface area contributed by atoms with Gasteiger partial charge in [-0.05, 0) is 19.9 Å². The summed E-state index contributed by atoms with van der Waals surface area (Å²) in [7, 11) is 3.64. The summed E-state index contributed by atoms with van der Waals surface area (Å²) in [4.78, 5) is 11.2. The highest BCUT2D eigenvalue weighted by Gasteiger charge is 2.29. The van der Waals surface area contributed by atoms with Crippen LogP contribution in [0.5, 0.6) is 0 Å². The lowest BCUT2D eigenvalue weighted by Gasteiger charge is -2.23. The highest BCUT2D eigenvalue weighted by molar-refractivity contribution is 5.39. The fourth-order valence-corrected chi connectivity index (χ4v) is 1.86. The van der Waals surface area contributed by atoms with Crippen molar-refractivity contribution < 1.29 is 4.74 Å². The van der Waals surface area contributed by atoms with Crippen molar-refractivity contribution in [3.05, 3.63) is 18.1 Å². The summed E-state index contributed by atoms with van der Waals surface area (Å²) >= 11 is 0. The van der Waals surface area contributed by atoms with E-state index in [0.717, 1.165) is 31.2 Å². The molecular weight excluding hydrogens is 216 g/mol. The predicted molar refractivity (Wildman–Crippen MR) is 67.0 cm³/mol. The van der Waals surface area contributed by atoms with Crippen LogP contribution in [0.3, 0.4) is 0 Å². The van der Waals surface area contributed by atoms with Gasteiger partial charge in [0.05, 0.1) is 18.5 Å². The fraction of sp³-hybridized carbons (Fsp3) is 0.667. The summed E-state index contributed by atoms with van der Waals surface area (Å²) in [5.74, 6) is 0.970. The molecule has 0 atom stereocenters. The number of methoxy groups -OCH3 is 1. The van der Waals surface area contributed by atoms with Gasteiger partial charge < -0.3 is 15.0 Å². The number of hydrogen-bond donors (Lipinski definition) is 1. The molecule has 1 N–H and O–H groups in total. The molecule has 1 heterocycles. The third-order valence-corrected chi connectivity index (χ3v) is 2.85. The standard InChI is InChI=1S/C12H20N4O/c1-13-7-10-8-14-9-12(15-10)16(5-6-17-2)11-3-4-11/h8-9,11,13H,3-7H2,1-2H3. The van der Waals surface area contributed by atoms with Gasteiger partial charge >= 0.3 is 0 Å². The first-order chi connectivity index (χ1) is 8.35. The number of nitrogens with one attached hydrogen (secondary N) is 1. The molecule has 0 aromatic carbocycles. The molecule has 5 nitrogen and oxygen atoms in total. The molecule has 1 saturated carbocycles. The molecule has 1 aliphatic carbocycles. The van der Waals surface area contributed by atoms with Gasteiger partial charge in [0, 0.05) is 32.4 Å². The van der Waals surface area contributed by atoms with E-state index in [-0.39, 0.29) is 0 Å². The van der Waals surface area contributed by atoms with Crippen LogP contribution in [-0.4, -0.2) is 43.3 Å². The molecule has 1 fully saturated rings. The quantitative estimate of drug-likeness (QED) is 0.759. The second-order valence-corrected chi connectivity index (χ2v) is 4.32. The number of ether oxygens (including phenoxy) is 1. The first-order valence-electron chi connectivity index (χ1n) is 6.06. The van der Waals surface area contributed by atoms with E-state index < -0.39 is 0 Å². The Bertz CT molecular complexity index is 354. The van der Waals surface area contributed by atoms with Crippen molar-refractivity contribution in [3.8, 4) is 0 Å². The smallest absolute Gasteiger partial charge is 0.147 e. The molecular formula is C12H20N4O. The van der Waals surface area contributed by atoms with Gasteiger partial charge in [-0.25, -0.2) is 4.98 Å².